The van der Waals surface area contributed by atoms with E-state index in [0.29, 0.717) is 30.4 Å². The van der Waals surface area contributed by atoms with Gasteiger partial charge in [-0.2, -0.15) is 5.26 Å². The lowest BCUT2D eigenvalue weighted by atomic mass is 10.0. The van der Waals surface area contributed by atoms with Crippen LogP contribution in [0.25, 0.3) is 0 Å². The Morgan fingerprint density at radius 3 is 2.72 bits per heavy atom. The van der Waals surface area contributed by atoms with Crippen LogP contribution in [0, 0.1) is 17.2 Å². The summed E-state index contributed by atoms with van der Waals surface area (Å²) < 4.78 is 12.9. The van der Waals surface area contributed by atoms with Crippen molar-refractivity contribution in [2.24, 2.45) is 13.0 Å². The first-order valence-corrected chi connectivity index (χ1v) is 8.42. The highest BCUT2D eigenvalue weighted by atomic mass is 16.6. The SMILES string of the molecule is Cn1cc(C#N)cc1C(=O)N[C@H](c1ccc2c(c1)OCCO2)C1CC1. The van der Waals surface area contributed by atoms with E-state index in [1.807, 2.05) is 18.2 Å². The molecule has 0 radical (unpaired) electrons. The van der Waals surface area contributed by atoms with Gasteiger partial charge >= 0.3 is 0 Å². The number of benzene rings is 1. The Hall–Kier alpha value is -2.94. The molecule has 2 aromatic rings. The molecule has 2 heterocycles. The Kier molecular flexibility index (Phi) is 3.85. The highest BCUT2D eigenvalue weighted by molar-refractivity contribution is 5.93. The second-order valence-electron chi connectivity index (χ2n) is 6.53. The molecule has 1 aliphatic carbocycles. The fourth-order valence-electron chi connectivity index (χ4n) is 3.22. The predicted molar refractivity (Wildman–Crippen MR) is 90.5 cm³/mol. The number of rotatable bonds is 4. The Labute approximate surface area is 146 Å². The minimum Gasteiger partial charge on any atom is -0.486 e. The van der Waals surface area contributed by atoms with E-state index in [0.717, 1.165) is 29.9 Å². The van der Waals surface area contributed by atoms with E-state index < -0.39 is 0 Å². The Balaban J connectivity index is 1.59. The molecule has 1 fully saturated rings. The first-order valence-electron chi connectivity index (χ1n) is 8.42. The lowest BCUT2D eigenvalue weighted by molar-refractivity contribution is 0.0923. The first kappa shape index (κ1) is 15.6. The summed E-state index contributed by atoms with van der Waals surface area (Å²) in [4.78, 5) is 12.7. The predicted octanol–water partition coefficient (Wildman–Crippen LogP) is 2.55. The molecule has 25 heavy (non-hydrogen) atoms. The van der Waals surface area contributed by atoms with Gasteiger partial charge in [0.05, 0.1) is 11.6 Å². The highest BCUT2D eigenvalue weighted by Crippen LogP contribution is 2.43. The zero-order valence-electron chi connectivity index (χ0n) is 14.0. The van der Waals surface area contributed by atoms with Crippen LogP contribution in [0.1, 0.15) is 40.5 Å². The third-order valence-electron chi connectivity index (χ3n) is 4.67. The van der Waals surface area contributed by atoms with Crippen molar-refractivity contribution in [3.8, 4) is 17.6 Å². The van der Waals surface area contributed by atoms with Gasteiger partial charge in [-0.15, -0.1) is 0 Å². The molecule has 0 unspecified atom stereocenters. The monoisotopic (exact) mass is 337 g/mol. The van der Waals surface area contributed by atoms with Gasteiger partial charge in [-0.05, 0) is 42.5 Å². The zero-order chi connectivity index (χ0) is 17.4. The van der Waals surface area contributed by atoms with Crippen molar-refractivity contribution in [2.75, 3.05) is 13.2 Å². The third-order valence-corrected chi connectivity index (χ3v) is 4.67. The van der Waals surface area contributed by atoms with E-state index in [9.17, 15) is 4.79 Å². The van der Waals surface area contributed by atoms with Crippen LogP contribution in [0.3, 0.4) is 0 Å². The molecule has 6 heteroatoms. The lowest BCUT2D eigenvalue weighted by Gasteiger charge is -2.23. The largest absolute Gasteiger partial charge is 0.486 e. The molecule has 0 saturated heterocycles. The quantitative estimate of drug-likeness (QED) is 0.930. The topological polar surface area (TPSA) is 76.3 Å². The van der Waals surface area contributed by atoms with Gasteiger partial charge in [0, 0.05) is 13.2 Å². The summed E-state index contributed by atoms with van der Waals surface area (Å²) in [5, 5.41) is 12.1. The number of hydrogen-bond donors (Lipinski definition) is 1. The average molecular weight is 337 g/mol. The molecular weight excluding hydrogens is 318 g/mol. The Morgan fingerprint density at radius 2 is 2.04 bits per heavy atom. The van der Waals surface area contributed by atoms with Crippen LogP contribution in [-0.4, -0.2) is 23.7 Å². The van der Waals surface area contributed by atoms with Crippen LogP contribution in [0.5, 0.6) is 11.5 Å². The molecule has 1 aromatic carbocycles. The fourth-order valence-corrected chi connectivity index (χ4v) is 3.22. The Morgan fingerprint density at radius 1 is 1.28 bits per heavy atom. The van der Waals surface area contributed by atoms with Gasteiger partial charge in [-0.25, -0.2) is 0 Å². The van der Waals surface area contributed by atoms with Crippen molar-refractivity contribution < 1.29 is 14.3 Å². The van der Waals surface area contributed by atoms with Crippen molar-refractivity contribution in [1.82, 2.24) is 9.88 Å². The number of carbonyl (C=O) groups excluding carboxylic acids is 1. The maximum absolute atomic E-state index is 12.7. The number of aryl methyl sites for hydroxylation is 1. The van der Waals surface area contributed by atoms with Crippen molar-refractivity contribution >= 4 is 5.91 Å². The zero-order valence-corrected chi connectivity index (χ0v) is 14.0. The smallest absolute Gasteiger partial charge is 0.268 e. The van der Waals surface area contributed by atoms with Gasteiger partial charge < -0.3 is 19.4 Å². The number of carbonyl (C=O) groups is 1. The maximum Gasteiger partial charge on any atom is 0.268 e. The van der Waals surface area contributed by atoms with E-state index >= 15 is 0 Å². The molecular formula is C19H19N3O3. The van der Waals surface area contributed by atoms with Crippen LogP contribution < -0.4 is 14.8 Å². The normalized spacial score (nSPS) is 16.8. The number of amides is 1. The number of nitrogens with zero attached hydrogens (tertiary/aromatic N) is 2. The Bertz CT molecular complexity index is 861. The third kappa shape index (κ3) is 3.05. The summed E-state index contributed by atoms with van der Waals surface area (Å²) >= 11 is 0. The number of fused-ring (bicyclic) bond motifs is 1. The van der Waals surface area contributed by atoms with Gasteiger partial charge in [0.25, 0.3) is 5.91 Å². The van der Waals surface area contributed by atoms with Crippen molar-refractivity contribution in [3.63, 3.8) is 0 Å². The van der Waals surface area contributed by atoms with Crippen LogP contribution in [0.4, 0.5) is 0 Å². The summed E-state index contributed by atoms with van der Waals surface area (Å²) in [7, 11) is 1.77. The van der Waals surface area contributed by atoms with Crippen LogP contribution in [-0.2, 0) is 7.05 Å². The average Bonchev–Trinajstić information content (AvgIpc) is 3.40. The molecule has 6 nitrogen and oxygen atoms in total. The standard InChI is InChI=1S/C19H19N3O3/c1-22-11-12(10-20)8-15(22)19(23)21-18(13-2-3-13)14-4-5-16-17(9-14)25-7-6-24-16/h4-5,8-9,11,13,18H,2-3,6-7H2,1H3,(H,21,23)/t18-/m0/s1. The molecule has 1 atom stereocenters. The minimum absolute atomic E-state index is 0.0660. The first-order chi connectivity index (χ1) is 12.2. The highest BCUT2D eigenvalue weighted by Gasteiger charge is 2.34. The van der Waals surface area contributed by atoms with Crippen molar-refractivity contribution in [1.29, 1.82) is 5.26 Å². The van der Waals surface area contributed by atoms with E-state index in [1.165, 1.54) is 0 Å². The summed E-state index contributed by atoms with van der Waals surface area (Å²) in [6.45, 7) is 1.10. The number of nitriles is 1. The molecule has 4 rings (SSSR count). The molecule has 0 bridgehead atoms. The minimum atomic E-state index is -0.171. The van der Waals surface area contributed by atoms with Crippen LogP contribution in [0.15, 0.2) is 30.5 Å². The van der Waals surface area contributed by atoms with Gasteiger partial charge in [-0.1, -0.05) is 6.07 Å². The van der Waals surface area contributed by atoms with Gasteiger partial charge in [0.15, 0.2) is 11.5 Å². The fraction of sp³-hybridized carbons (Fsp3) is 0.368. The van der Waals surface area contributed by atoms with Gasteiger partial charge in [0.2, 0.25) is 0 Å². The van der Waals surface area contributed by atoms with E-state index in [2.05, 4.69) is 11.4 Å². The summed E-state index contributed by atoms with van der Waals surface area (Å²) in [5.41, 5.74) is 1.99. The van der Waals surface area contributed by atoms with Gasteiger partial charge in [-0.3, -0.25) is 4.79 Å². The number of ether oxygens (including phenoxy) is 2. The second kappa shape index (κ2) is 6.17. The molecule has 2 aliphatic rings. The van der Waals surface area contributed by atoms with E-state index in [1.54, 1.807) is 23.9 Å². The lowest BCUT2D eigenvalue weighted by Crippen LogP contribution is -2.31. The summed E-state index contributed by atoms with van der Waals surface area (Å²) in [6, 6.07) is 9.47. The van der Waals surface area contributed by atoms with E-state index in [-0.39, 0.29) is 11.9 Å². The number of nitrogens with one attached hydrogen (secondary N) is 1. The van der Waals surface area contributed by atoms with Gasteiger partial charge in [0.1, 0.15) is 25.0 Å². The number of aromatic nitrogens is 1. The summed E-state index contributed by atoms with van der Waals surface area (Å²) in [5.74, 6) is 1.74. The maximum atomic E-state index is 12.7. The molecule has 1 amide bonds. The van der Waals surface area contributed by atoms with Crippen LogP contribution >= 0.6 is 0 Å². The molecule has 128 valence electrons. The summed E-state index contributed by atoms with van der Waals surface area (Å²) in [6.07, 6.45) is 3.84. The van der Waals surface area contributed by atoms with Crippen molar-refractivity contribution in [3.05, 3.63) is 47.3 Å². The van der Waals surface area contributed by atoms with Crippen LogP contribution in [0.2, 0.25) is 0 Å². The molecule has 1 N–H and O–H groups in total. The van der Waals surface area contributed by atoms with E-state index in [4.69, 9.17) is 14.7 Å². The molecule has 0 spiro atoms. The molecule has 1 aliphatic heterocycles. The molecule has 1 aromatic heterocycles. The number of hydrogen-bond acceptors (Lipinski definition) is 4. The molecule has 1 saturated carbocycles. The van der Waals surface area contributed by atoms with Crippen molar-refractivity contribution in [2.45, 2.75) is 18.9 Å². The second-order valence-corrected chi connectivity index (χ2v) is 6.53.